The Kier molecular flexibility index (Phi) is 8.61. The molecule has 0 saturated carbocycles. The van der Waals surface area contributed by atoms with Gasteiger partial charge < -0.3 is 14.4 Å². The normalized spacial score (nSPS) is 12.0. The molecule has 0 aliphatic heterocycles. The number of halogens is 1. The van der Waals surface area contributed by atoms with E-state index in [1.807, 2.05) is 18.2 Å². The lowest BCUT2D eigenvalue weighted by Gasteiger charge is -2.20. The lowest BCUT2D eigenvalue weighted by Crippen LogP contribution is -2.24. The van der Waals surface area contributed by atoms with Crippen LogP contribution >= 0.6 is 31.0 Å². The average molecular weight is 426 g/mol. The van der Waals surface area contributed by atoms with Gasteiger partial charge in [-0.2, -0.15) is 0 Å². The van der Waals surface area contributed by atoms with Crippen LogP contribution in [0.1, 0.15) is 24.2 Å². The van der Waals surface area contributed by atoms with Crippen molar-refractivity contribution in [1.29, 1.82) is 0 Å². The second-order valence-corrected chi connectivity index (χ2v) is 8.60. The largest absolute Gasteiger partial charge is 0.378 e. The minimum atomic E-state index is -3.67. The van der Waals surface area contributed by atoms with Crippen molar-refractivity contribution in [1.82, 2.24) is 5.32 Å². The van der Waals surface area contributed by atoms with Crippen LogP contribution in [0, 0.1) is 0 Å². The van der Waals surface area contributed by atoms with Gasteiger partial charge in [0.25, 0.3) is 5.91 Å². The van der Waals surface area contributed by atoms with E-state index < -0.39 is 13.5 Å². The lowest BCUT2D eigenvalue weighted by molar-refractivity contribution is 0.0964. The van der Waals surface area contributed by atoms with Crippen molar-refractivity contribution in [2.45, 2.75) is 18.7 Å². The van der Waals surface area contributed by atoms with Crippen LogP contribution in [0.25, 0.3) is 0 Å². The molecule has 2 rings (SSSR count). The van der Waals surface area contributed by atoms with Crippen LogP contribution in [-0.2, 0) is 13.6 Å². The highest BCUT2D eigenvalue weighted by Gasteiger charge is 2.31. The number of hydrogen-bond donors (Lipinski definition) is 1. The molecule has 0 unspecified atom stereocenters. The van der Waals surface area contributed by atoms with Gasteiger partial charge in [0.2, 0.25) is 0 Å². The Bertz CT molecular complexity index is 817. The van der Waals surface area contributed by atoms with Crippen molar-refractivity contribution in [3.05, 3.63) is 76.0 Å². The molecule has 0 atom stereocenters. The molecule has 2 aromatic rings. The number of rotatable bonds is 9. The summed E-state index contributed by atoms with van der Waals surface area (Å²) in [6.07, 6.45) is 0. The molecule has 0 fully saturated rings. The molecule has 0 bridgehead atoms. The van der Waals surface area contributed by atoms with Crippen LogP contribution in [0.15, 0.2) is 70.3 Å². The van der Waals surface area contributed by atoms with Gasteiger partial charge in [0.05, 0.1) is 13.2 Å². The summed E-state index contributed by atoms with van der Waals surface area (Å²) >= 11 is 7.19. The first-order valence-corrected chi connectivity index (χ1v) is 11.2. The predicted octanol–water partition coefficient (Wildman–Crippen LogP) is 5.93. The van der Waals surface area contributed by atoms with Gasteiger partial charge in [-0.15, -0.1) is 0 Å². The summed E-state index contributed by atoms with van der Waals surface area (Å²) in [5.41, 5.74) is 0.541. The topological polar surface area (TPSA) is 64.6 Å². The molecular weight excluding hydrogens is 405 g/mol. The SMILES string of the molecule is CCOP(=O)(OCC)/C(=C\Sc1ccc(Cl)cc1)NC(=O)c1ccccc1. The van der Waals surface area contributed by atoms with Crippen LogP contribution in [-0.4, -0.2) is 19.1 Å². The van der Waals surface area contributed by atoms with Crippen LogP contribution in [0.5, 0.6) is 0 Å². The molecule has 0 heterocycles. The van der Waals surface area contributed by atoms with Gasteiger partial charge in [0.1, 0.15) is 5.44 Å². The molecule has 144 valence electrons. The molecule has 0 radical (unpaired) electrons. The molecular formula is C19H21ClNO4PS. The number of benzene rings is 2. The fourth-order valence-corrected chi connectivity index (χ4v) is 4.77. The zero-order valence-electron chi connectivity index (χ0n) is 15.1. The van der Waals surface area contributed by atoms with E-state index in [0.29, 0.717) is 10.6 Å². The molecule has 2 aromatic carbocycles. The van der Waals surface area contributed by atoms with Crippen molar-refractivity contribution in [3.63, 3.8) is 0 Å². The number of hydrogen-bond acceptors (Lipinski definition) is 5. The fourth-order valence-electron chi connectivity index (χ4n) is 2.09. The first-order valence-electron chi connectivity index (χ1n) is 8.37. The summed E-state index contributed by atoms with van der Waals surface area (Å²) in [5, 5.41) is 4.89. The molecule has 0 aromatic heterocycles. The second kappa shape index (κ2) is 10.7. The van der Waals surface area contributed by atoms with Crippen molar-refractivity contribution in [2.24, 2.45) is 0 Å². The van der Waals surface area contributed by atoms with E-state index in [2.05, 4.69) is 5.32 Å². The molecule has 0 aliphatic rings. The highest BCUT2D eigenvalue weighted by molar-refractivity contribution is 8.02. The zero-order chi connectivity index (χ0) is 19.7. The smallest absolute Gasteiger partial charge is 0.315 e. The minimum absolute atomic E-state index is 0.0972. The maximum Gasteiger partial charge on any atom is 0.378 e. The number of amides is 1. The summed E-state index contributed by atoms with van der Waals surface area (Å²) in [4.78, 5) is 13.4. The zero-order valence-corrected chi connectivity index (χ0v) is 17.5. The molecule has 1 amide bonds. The monoisotopic (exact) mass is 425 g/mol. The third-order valence-electron chi connectivity index (χ3n) is 3.29. The van der Waals surface area contributed by atoms with E-state index in [-0.39, 0.29) is 18.7 Å². The molecule has 5 nitrogen and oxygen atoms in total. The van der Waals surface area contributed by atoms with Crippen LogP contribution < -0.4 is 5.32 Å². The van der Waals surface area contributed by atoms with Crippen molar-refractivity contribution >= 4 is 36.9 Å². The lowest BCUT2D eigenvalue weighted by atomic mass is 10.2. The summed E-state index contributed by atoms with van der Waals surface area (Å²) in [6.45, 7) is 3.80. The van der Waals surface area contributed by atoms with E-state index in [1.54, 1.807) is 55.7 Å². The number of nitrogens with one attached hydrogen (secondary N) is 1. The molecule has 0 saturated heterocycles. The number of thioether (sulfide) groups is 1. The van der Waals surface area contributed by atoms with Gasteiger partial charge in [-0.1, -0.05) is 41.6 Å². The summed E-state index contributed by atoms with van der Waals surface area (Å²) < 4.78 is 24.0. The van der Waals surface area contributed by atoms with Crippen molar-refractivity contribution in [2.75, 3.05) is 13.2 Å². The average Bonchev–Trinajstić information content (AvgIpc) is 2.67. The second-order valence-electron chi connectivity index (χ2n) is 5.23. The standard InChI is InChI=1S/C19H21ClNO4PS/c1-3-24-26(23,25-4-2)18(14-27-17-12-10-16(20)11-13-17)21-19(22)15-8-6-5-7-9-15/h5-14H,3-4H2,1-2H3,(H,21,22)/b18-14-. The summed E-state index contributed by atoms with van der Waals surface area (Å²) in [7, 11) is -3.67. The van der Waals surface area contributed by atoms with Gasteiger partial charge in [-0.05, 0) is 50.2 Å². The molecule has 27 heavy (non-hydrogen) atoms. The quantitative estimate of drug-likeness (QED) is 0.398. The summed E-state index contributed by atoms with van der Waals surface area (Å²) in [5.74, 6) is -0.391. The Morgan fingerprint density at radius 1 is 1.07 bits per heavy atom. The van der Waals surface area contributed by atoms with E-state index >= 15 is 0 Å². The first kappa shape index (κ1) is 21.7. The van der Waals surface area contributed by atoms with E-state index in [1.165, 1.54) is 11.8 Å². The highest BCUT2D eigenvalue weighted by Crippen LogP contribution is 2.55. The Morgan fingerprint density at radius 3 is 2.22 bits per heavy atom. The molecule has 8 heteroatoms. The molecule has 1 N–H and O–H groups in total. The van der Waals surface area contributed by atoms with Crippen molar-refractivity contribution < 1.29 is 18.4 Å². The number of carbonyl (C=O) groups is 1. The van der Waals surface area contributed by atoms with Gasteiger partial charge >= 0.3 is 7.60 Å². The van der Waals surface area contributed by atoms with Crippen LogP contribution in [0.4, 0.5) is 0 Å². The van der Waals surface area contributed by atoms with E-state index in [0.717, 1.165) is 4.90 Å². The van der Waals surface area contributed by atoms with E-state index in [9.17, 15) is 9.36 Å². The van der Waals surface area contributed by atoms with Crippen molar-refractivity contribution in [3.8, 4) is 0 Å². The fraction of sp³-hybridized carbons (Fsp3) is 0.211. The Morgan fingerprint density at radius 2 is 1.67 bits per heavy atom. The van der Waals surface area contributed by atoms with Gasteiger partial charge in [0, 0.05) is 20.9 Å². The number of carbonyl (C=O) groups excluding carboxylic acids is 1. The maximum absolute atomic E-state index is 13.2. The molecule has 0 spiro atoms. The van der Waals surface area contributed by atoms with Gasteiger partial charge in [-0.3, -0.25) is 9.36 Å². The van der Waals surface area contributed by atoms with Gasteiger partial charge in [0.15, 0.2) is 0 Å². The third-order valence-corrected chi connectivity index (χ3v) is 6.64. The Balaban J connectivity index is 2.31. The maximum atomic E-state index is 13.2. The Hall–Kier alpha value is -1.56. The first-order chi connectivity index (χ1) is 13.0. The molecule has 0 aliphatic carbocycles. The predicted molar refractivity (Wildman–Crippen MR) is 110 cm³/mol. The minimum Gasteiger partial charge on any atom is -0.315 e. The Labute approximate surface area is 168 Å². The summed E-state index contributed by atoms with van der Waals surface area (Å²) in [6, 6.07) is 15.8. The van der Waals surface area contributed by atoms with Crippen LogP contribution in [0.3, 0.4) is 0 Å². The third kappa shape index (κ3) is 6.52. The van der Waals surface area contributed by atoms with E-state index in [4.69, 9.17) is 20.6 Å². The highest BCUT2D eigenvalue weighted by atomic mass is 35.5. The van der Waals surface area contributed by atoms with Crippen LogP contribution in [0.2, 0.25) is 5.02 Å². The van der Waals surface area contributed by atoms with Gasteiger partial charge in [-0.25, -0.2) is 0 Å².